The molecule has 36 heavy (non-hydrogen) atoms. The van der Waals surface area contributed by atoms with Crippen molar-refractivity contribution in [3.8, 4) is 11.8 Å². The smallest absolute Gasteiger partial charge is 0.195 e. The van der Waals surface area contributed by atoms with E-state index in [1.165, 1.54) is 30.3 Å². The summed E-state index contributed by atoms with van der Waals surface area (Å²) in [5, 5.41) is 0.202. The Labute approximate surface area is 206 Å². The van der Waals surface area contributed by atoms with Gasteiger partial charge in [-0.05, 0) is 84.7 Å². The monoisotopic (exact) mass is 494 g/mol. The van der Waals surface area contributed by atoms with E-state index in [4.69, 9.17) is 4.74 Å². The molecule has 0 bridgehead atoms. The topological polar surface area (TPSA) is 9.23 Å². The van der Waals surface area contributed by atoms with Crippen LogP contribution in [0.15, 0.2) is 60.7 Å². The van der Waals surface area contributed by atoms with Gasteiger partial charge in [-0.15, -0.1) is 0 Å². The molecule has 0 unspecified atom stereocenters. The van der Waals surface area contributed by atoms with E-state index < -0.39 is 29.1 Å². The molecule has 0 spiro atoms. The van der Waals surface area contributed by atoms with Gasteiger partial charge in [-0.1, -0.05) is 30.0 Å². The molecule has 6 heteroatoms. The van der Waals surface area contributed by atoms with Gasteiger partial charge in [0.2, 0.25) is 0 Å². The summed E-state index contributed by atoms with van der Waals surface area (Å²) in [6, 6.07) is 15.4. The Bertz CT molecular complexity index is 1430. The average Bonchev–Trinajstić information content (AvgIpc) is 2.86. The predicted octanol–water partition coefficient (Wildman–Crippen LogP) is 7.30. The van der Waals surface area contributed by atoms with E-state index in [0.29, 0.717) is 42.6 Å². The van der Waals surface area contributed by atoms with Crippen molar-refractivity contribution in [3.05, 3.63) is 118 Å². The van der Waals surface area contributed by atoms with Crippen LogP contribution in [0.2, 0.25) is 0 Å². The second-order valence-corrected chi connectivity index (χ2v) is 8.50. The van der Waals surface area contributed by atoms with Gasteiger partial charge in [0.15, 0.2) is 17.5 Å². The van der Waals surface area contributed by atoms with Gasteiger partial charge in [-0.2, -0.15) is 0 Å². The van der Waals surface area contributed by atoms with Gasteiger partial charge in [-0.3, -0.25) is 0 Å². The summed E-state index contributed by atoms with van der Waals surface area (Å²) in [6.07, 6.45) is 1.94. The minimum absolute atomic E-state index is 0.0163. The predicted molar refractivity (Wildman–Crippen MR) is 130 cm³/mol. The van der Waals surface area contributed by atoms with Gasteiger partial charge in [0, 0.05) is 35.8 Å². The lowest BCUT2D eigenvalue weighted by Gasteiger charge is -2.09. The first-order valence-corrected chi connectivity index (χ1v) is 11.5. The molecule has 0 aromatic heterocycles. The van der Waals surface area contributed by atoms with Crippen LogP contribution in [-0.2, 0) is 24.0 Å². The number of aryl methyl sites for hydroxylation is 2. The van der Waals surface area contributed by atoms with Gasteiger partial charge >= 0.3 is 0 Å². The molecule has 0 amide bonds. The second kappa shape index (κ2) is 11.4. The van der Waals surface area contributed by atoms with Gasteiger partial charge in [0.05, 0.1) is 0 Å². The Morgan fingerprint density at radius 3 is 2.00 bits per heavy atom. The first-order valence-electron chi connectivity index (χ1n) is 11.5. The second-order valence-electron chi connectivity index (χ2n) is 8.50. The van der Waals surface area contributed by atoms with Crippen molar-refractivity contribution in [2.24, 2.45) is 0 Å². The zero-order valence-corrected chi connectivity index (χ0v) is 19.6. The first-order chi connectivity index (χ1) is 17.4. The number of methoxy groups -OCH3 is 1. The standard InChI is InChI=1S/C30H23F5O/c1-36-14-2-3-22-16-26(31)25(27(32)17-22)13-10-20-6-4-19(5-7-20)8-9-21-11-12-24-23(15-21)18-28(33)30(35)29(24)34/h4-7,11-12,15-18H,2-3,10,13-14H2,1H3. The highest BCUT2D eigenvalue weighted by Gasteiger charge is 2.14. The van der Waals surface area contributed by atoms with Crippen LogP contribution < -0.4 is 0 Å². The third-order valence-electron chi connectivity index (χ3n) is 5.96. The van der Waals surface area contributed by atoms with E-state index in [2.05, 4.69) is 11.8 Å². The number of fused-ring (bicyclic) bond motifs is 1. The largest absolute Gasteiger partial charge is 0.385 e. The van der Waals surface area contributed by atoms with Crippen LogP contribution in [0, 0.1) is 40.9 Å². The lowest BCUT2D eigenvalue weighted by Crippen LogP contribution is -2.02. The van der Waals surface area contributed by atoms with Gasteiger partial charge in [0.1, 0.15) is 11.6 Å². The molecule has 0 saturated heterocycles. The Kier molecular flexibility index (Phi) is 8.02. The first kappa shape index (κ1) is 25.4. The fourth-order valence-electron chi connectivity index (χ4n) is 4.01. The lowest BCUT2D eigenvalue weighted by molar-refractivity contribution is 0.195. The normalized spacial score (nSPS) is 10.9. The van der Waals surface area contributed by atoms with Crippen LogP contribution in [-0.4, -0.2) is 13.7 Å². The minimum atomic E-state index is -1.50. The van der Waals surface area contributed by atoms with Crippen molar-refractivity contribution >= 4 is 10.8 Å². The van der Waals surface area contributed by atoms with Gasteiger partial charge < -0.3 is 4.74 Å². The molecule has 4 aromatic rings. The van der Waals surface area contributed by atoms with E-state index in [1.807, 2.05) is 12.1 Å². The SMILES string of the molecule is COCCCc1cc(F)c(CCc2ccc(C#Cc3ccc4c(F)c(F)c(F)cc4c3)cc2)c(F)c1. The molecule has 0 fully saturated rings. The highest BCUT2D eigenvalue weighted by atomic mass is 19.2. The summed E-state index contributed by atoms with van der Waals surface area (Å²) < 4.78 is 74.7. The van der Waals surface area contributed by atoms with Crippen LogP contribution in [0.25, 0.3) is 10.8 Å². The molecule has 0 saturated carbocycles. The fourth-order valence-corrected chi connectivity index (χ4v) is 4.01. The molecule has 4 rings (SSSR count). The third-order valence-corrected chi connectivity index (χ3v) is 5.96. The summed E-state index contributed by atoms with van der Waals surface area (Å²) in [5.74, 6) is 0.847. The van der Waals surface area contributed by atoms with Crippen LogP contribution in [0.3, 0.4) is 0 Å². The van der Waals surface area contributed by atoms with Crippen molar-refractivity contribution in [1.29, 1.82) is 0 Å². The van der Waals surface area contributed by atoms with Crippen molar-refractivity contribution in [2.45, 2.75) is 25.7 Å². The maximum atomic E-state index is 14.5. The van der Waals surface area contributed by atoms with Crippen LogP contribution >= 0.6 is 0 Å². The number of halogens is 5. The number of hydrogen-bond donors (Lipinski definition) is 0. The van der Waals surface area contributed by atoms with E-state index in [-0.39, 0.29) is 22.8 Å². The summed E-state index contributed by atoms with van der Waals surface area (Å²) in [4.78, 5) is 0. The Morgan fingerprint density at radius 2 is 1.31 bits per heavy atom. The number of rotatable bonds is 7. The molecule has 1 nitrogen and oxygen atoms in total. The summed E-state index contributed by atoms with van der Waals surface area (Å²) in [7, 11) is 1.59. The quantitative estimate of drug-likeness (QED) is 0.113. The maximum absolute atomic E-state index is 14.5. The van der Waals surface area contributed by atoms with Crippen LogP contribution in [0.4, 0.5) is 22.0 Å². The zero-order chi connectivity index (χ0) is 25.7. The van der Waals surface area contributed by atoms with Gasteiger partial charge in [-0.25, -0.2) is 22.0 Å². The summed E-state index contributed by atoms with van der Waals surface area (Å²) in [5.41, 5.74) is 2.81. The van der Waals surface area contributed by atoms with E-state index >= 15 is 0 Å². The highest BCUT2D eigenvalue weighted by Crippen LogP contribution is 2.24. The molecule has 0 aliphatic heterocycles. The van der Waals surface area contributed by atoms with E-state index in [0.717, 1.165) is 11.6 Å². The Balaban J connectivity index is 1.42. The zero-order valence-electron chi connectivity index (χ0n) is 19.6. The third kappa shape index (κ3) is 5.92. The van der Waals surface area contributed by atoms with E-state index in [1.54, 1.807) is 19.2 Å². The summed E-state index contributed by atoms with van der Waals surface area (Å²) in [6.45, 7) is 0.537. The molecule has 0 aliphatic carbocycles. The van der Waals surface area contributed by atoms with Crippen LogP contribution in [0.1, 0.15) is 34.2 Å². The number of benzene rings is 4. The van der Waals surface area contributed by atoms with Crippen molar-refractivity contribution < 1.29 is 26.7 Å². The average molecular weight is 495 g/mol. The van der Waals surface area contributed by atoms with Crippen molar-refractivity contribution in [2.75, 3.05) is 13.7 Å². The number of hydrogen-bond acceptors (Lipinski definition) is 1. The Morgan fingerprint density at radius 1 is 0.639 bits per heavy atom. The molecule has 0 atom stereocenters. The molecular weight excluding hydrogens is 471 g/mol. The molecule has 0 radical (unpaired) electrons. The molecule has 0 N–H and O–H groups in total. The molecule has 4 aromatic carbocycles. The molecular formula is C30H23F5O. The minimum Gasteiger partial charge on any atom is -0.385 e. The lowest BCUT2D eigenvalue weighted by atomic mass is 10.00. The molecule has 0 heterocycles. The van der Waals surface area contributed by atoms with Crippen molar-refractivity contribution in [1.82, 2.24) is 0 Å². The Hall–Kier alpha value is -3.69. The molecule has 184 valence electrons. The summed E-state index contributed by atoms with van der Waals surface area (Å²) >= 11 is 0. The van der Waals surface area contributed by atoms with Gasteiger partial charge in [0.25, 0.3) is 0 Å². The van der Waals surface area contributed by atoms with Crippen molar-refractivity contribution in [3.63, 3.8) is 0 Å². The van der Waals surface area contributed by atoms with Crippen LogP contribution in [0.5, 0.6) is 0 Å². The molecule has 0 aliphatic rings. The number of ether oxygens (including phenoxy) is 1. The maximum Gasteiger partial charge on any atom is 0.195 e. The fraction of sp³-hybridized carbons (Fsp3) is 0.200. The van der Waals surface area contributed by atoms with E-state index in [9.17, 15) is 22.0 Å². The highest BCUT2D eigenvalue weighted by molar-refractivity contribution is 5.84.